The lowest BCUT2D eigenvalue weighted by atomic mass is 9.83. The van der Waals surface area contributed by atoms with Crippen LogP contribution in [0.2, 0.25) is 0 Å². The summed E-state index contributed by atoms with van der Waals surface area (Å²) in [6.45, 7) is 4.08. The number of hydrogen-bond acceptors (Lipinski definition) is 1. The van der Waals surface area contributed by atoms with Gasteiger partial charge in [-0.15, -0.1) is 0 Å². The summed E-state index contributed by atoms with van der Waals surface area (Å²) in [5.41, 5.74) is 2.58. The number of imidazole rings is 1. The number of hydrogen-bond donors (Lipinski definition) is 1. The summed E-state index contributed by atoms with van der Waals surface area (Å²) in [4.78, 5) is 3.16. The van der Waals surface area contributed by atoms with Crippen LogP contribution in [-0.4, -0.2) is 9.55 Å². The number of aromatic amines is 1. The lowest BCUT2D eigenvalue weighted by Gasteiger charge is -2.35. The van der Waals surface area contributed by atoms with Crippen molar-refractivity contribution < 1.29 is 4.39 Å². The Balaban J connectivity index is 2.25. The molecule has 3 rings (SSSR count). The van der Waals surface area contributed by atoms with Gasteiger partial charge in [0.25, 0.3) is 0 Å². The molecule has 0 bridgehead atoms. The molecule has 0 amide bonds. The third-order valence-electron chi connectivity index (χ3n) is 4.43. The van der Waals surface area contributed by atoms with Gasteiger partial charge in [0.1, 0.15) is 5.82 Å². The quantitative estimate of drug-likeness (QED) is 0.741. The van der Waals surface area contributed by atoms with Gasteiger partial charge in [-0.3, -0.25) is 0 Å². The largest absolute Gasteiger partial charge is 0.330 e. The average Bonchev–Trinajstić information content (AvgIpc) is 2.67. The summed E-state index contributed by atoms with van der Waals surface area (Å²) in [5, 5.41) is 0. The molecule has 102 valence electrons. The molecule has 1 aromatic carbocycles. The van der Waals surface area contributed by atoms with E-state index in [9.17, 15) is 4.39 Å². The van der Waals surface area contributed by atoms with Crippen molar-refractivity contribution in [3.8, 4) is 0 Å². The van der Waals surface area contributed by atoms with Gasteiger partial charge in [0.15, 0.2) is 4.77 Å². The molecule has 2 aromatic rings. The van der Waals surface area contributed by atoms with Gasteiger partial charge < -0.3 is 9.55 Å². The van der Waals surface area contributed by atoms with Crippen molar-refractivity contribution in [1.29, 1.82) is 0 Å². The topological polar surface area (TPSA) is 20.7 Å². The molecule has 1 N–H and O–H groups in total. The molecule has 1 aromatic heterocycles. The summed E-state index contributed by atoms with van der Waals surface area (Å²) >= 11 is 5.48. The van der Waals surface area contributed by atoms with Gasteiger partial charge in [-0.2, -0.15) is 0 Å². The molecule has 1 heterocycles. The molecule has 1 saturated carbocycles. The second-order valence-corrected chi connectivity index (χ2v) is 6.33. The van der Waals surface area contributed by atoms with Gasteiger partial charge in [-0.05, 0) is 56.6 Å². The minimum atomic E-state index is -0.176. The summed E-state index contributed by atoms with van der Waals surface area (Å²) < 4.78 is 16.6. The van der Waals surface area contributed by atoms with Crippen LogP contribution in [0.25, 0.3) is 11.0 Å². The molecule has 0 atom stereocenters. The van der Waals surface area contributed by atoms with Crippen LogP contribution in [0, 0.1) is 17.5 Å². The molecule has 0 radical (unpaired) electrons. The predicted octanol–water partition coefficient (Wildman–Crippen LogP) is 4.83. The second kappa shape index (κ2) is 4.44. The standard InChI is InChI=1S/C15H19FN2S/c1-10-8-13-12(9-11(10)16)17-14(19)18(13)15(2)6-4-3-5-7-15/h8-9H,3-7H2,1-2H3,(H,17,19). The van der Waals surface area contributed by atoms with Crippen LogP contribution < -0.4 is 0 Å². The van der Waals surface area contributed by atoms with E-state index in [2.05, 4.69) is 16.5 Å². The number of fused-ring (bicyclic) bond motifs is 1. The molecule has 0 unspecified atom stereocenters. The molecular formula is C15H19FN2S. The fourth-order valence-electron chi connectivity index (χ4n) is 3.30. The van der Waals surface area contributed by atoms with E-state index in [1.807, 2.05) is 6.07 Å². The SMILES string of the molecule is Cc1cc2c(cc1F)[nH]c(=S)n2C1(C)CCCCC1. The number of nitrogens with zero attached hydrogens (tertiary/aromatic N) is 1. The van der Waals surface area contributed by atoms with Crippen LogP contribution in [0.1, 0.15) is 44.6 Å². The Bertz CT molecular complexity index is 677. The number of aromatic nitrogens is 2. The third kappa shape index (κ3) is 2.02. The fourth-order valence-corrected chi connectivity index (χ4v) is 3.73. The number of H-pyrrole nitrogens is 1. The monoisotopic (exact) mass is 278 g/mol. The minimum absolute atomic E-state index is 0.0673. The Labute approximate surface area is 117 Å². The normalized spacial score (nSPS) is 18.9. The molecule has 1 aliphatic rings. The lowest BCUT2D eigenvalue weighted by Crippen LogP contribution is -2.32. The number of aryl methyl sites for hydroxylation is 1. The van der Waals surface area contributed by atoms with E-state index in [0.29, 0.717) is 10.3 Å². The Morgan fingerprint density at radius 2 is 1.95 bits per heavy atom. The van der Waals surface area contributed by atoms with Crippen molar-refractivity contribution in [2.75, 3.05) is 0 Å². The highest BCUT2D eigenvalue weighted by Crippen LogP contribution is 2.37. The van der Waals surface area contributed by atoms with Crippen molar-refractivity contribution in [2.45, 2.75) is 51.5 Å². The number of nitrogens with one attached hydrogen (secondary N) is 1. The van der Waals surface area contributed by atoms with Gasteiger partial charge in [-0.25, -0.2) is 4.39 Å². The highest BCUT2D eigenvalue weighted by molar-refractivity contribution is 7.71. The predicted molar refractivity (Wildman–Crippen MR) is 78.6 cm³/mol. The summed E-state index contributed by atoms with van der Waals surface area (Å²) in [6, 6.07) is 3.47. The Hall–Kier alpha value is -1.16. The van der Waals surface area contributed by atoms with Crippen LogP contribution in [0.5, 0.6) is 0 Å². The maximum atomic E-state index is 13.7. The first kappa shape index (κ1) is 12.9. The van der Waals surface area contributed by atoms with Gasteiger partial charge in [-0.1, -0.05) is 19.3 Å². The van der Waals surface area contributed by atoms with Crippen LogP contribution in [0.3, 0.4) is 0 Å². The van der Waals surface area contributed by atoms with Crippen molar-refractivity contribution in [2.24, 2.45) is 0 Å². The molecule has 1 aliphatic carbocycles. The van der Waals surface area contributed by atoms with E-state index in [-0.39, 0.29) is 11.4 Å². The Morgan fingerprint density at radius 3 is 2.63 bits per heavy atom. The molecule has 19 heavy (non-hydrogen) atoms. The molecule has 0 aliphatic heterocycles. The number of halogens is 1. The van der Waals surface area contributed by atoms with Crippen LogP contribution in [0.4, 0.5) is 4.39 Å². The maximum Gasteiger partial charge on any atom is 0.178 e. The first-order valence-electron chi connectivity index (χ1n) is 6.93. The van der Waals surface area contributed by atoms with Gasteiger partial charge in [0, 0.05) is 5.54 Å². The van der Waals surface area contributed by atoms with Crippen LogP contribution in [-0.2, 0) is 5.54 Å². The zero-order chi connectivity index (χ0) is 13.6. The molecule has 4 heteroatoms. The van der Waals surface area contributed by atoms with Crippen molar-refractivity contribution in [1.82, 2.24) is 9.55 Å². The van der Waals surface area contributed by atoms with E-state index in [4.69, 9.17) is 12.2 Å². The molecule has 2 nitrogen and oxygen atoms in total. The van der Waals surface area contributed by atoms with Gasteiger partial charge >= 0.3 is 0 Å². The van der Waals surface area contributed by atoms with E-state index >= 15 is 0 Å². The lowest BCUT2D eigenvalue weighted by molar-refractivity contribution is 0.222. The molecule has 1 fully saturated rings. The molecule has 0 saturated heterocycles. The fraction of sp³-hybridized carbons (Fsp3) is 0.533. The van der Waals surface area contributed by atoms with E-state index in [1.165, 1.54) is 19.3 Å². The average molecular weight is 278 g/mol. The minimum Gasteiger partial charge on any atom is -0.330 e. The van der Waals surface area contributed by atoms with Gasteiger partial charge in [0.05, 0.1) is 11.0 Å². The van der Waals surface area contributed by atoms with Crippen molar-refractivity contribution in [3.05, 3.63) is 28.3 Å². The zero-order valence-electron chi connectivity index (χ0n) is 11.4. The Morgan fingerprint density at radius 1 is 1.26 bits per heavy atom. The smallest absolute Gasteiger partial charge is 0.178 e. The molecular weight excluding hydrogens is 259 g/mol. The van der Waals surface area contributed by atoms with E-state index in [1.54, 1.807) is 13.0 Å². The van der Waals surface area contributed by atoms with Gasteiger partial charge in [0.2, 0.25) is 0 Å². The first-order valence-corrected chi connectivity index (χ1v) is 7.33. The maximum absolute atomic E-state index is 13.7. The second-order valence-electron chi connectivity index (χ2n) is 5.94. The first-order chi connectivity index (χ1) is 9.01. The zero-order valence-corrected chi connectivity index (χ0v) is 12.2. The van der Waals surface area contributed by atoms with Crippen molar-refractivity contribution >= 4 is 23.3 Å². The van der Waals surface area contributed by atoms with E-state index < -0.39 is 0 Å². The Kier molecular flexibility index (Phi) is 3.01. The number of rotatable bonds is 1. The van der Waals surface area contributed by atoms with Crippen LogP contribution in [0.15, 0.2) is 12.1 Å². The van der Waals surface area contributed by atoms with Crippen molar-refractivity contribution in [3.63, 3.8) is 0 Å². The van der Waals surface area contributed by atoms with E-state index in [0.717, 1.165) is 23.9 Å². The summed E-state index contributed by atoms with van der Waals surface area (Å²) in [7, 11) is 0. The third-order valence-corrected chi connectivity index (χ3v) is 4.72. The highest BCUT2D eigenvalue weighted by Gasteiger charge is 2.30. The number of benzene rings is 1. The summed E-state index contributed by atoms with van der Waals surface area (Å²) in [6.07, 6.45) is 6.07. The molecule has 0 spiro atoms. The summed E-state index contributed by atoms with van der Waals surface area (Å²) in [5.74, 6) is -0.176. The van der Waals surface area contributed by atoms with Crippen LogP contribution >= 0.6 is 12.2 Å². The highest BCUT2D eigenvalue weighted by atomic mass is 32.1.